The number of pyridine rings is 1. The summed E-state index contributed by atoms with van der Waals surface area (Å²) in [6.45, 7) is 2.42. The van der Waals surface area contributed by atoms with E-state index in [0.717, 1.165) is 11.3 Å². The number of hydrogen-bond donors (Lipinski definition) is 0. The van der Waals surface area contributed by atoms with Crippen LogP contribution in [0.3, 0.4) is 0 Å². The maximum absolute atomic E-state index is 12.8. The van der Waals surface area contributed by atoms with E-state index in [-0.39, 0.29) is 31.2 Å². The minimum atomic E-state index is -0.377. The summed E-state index contributed by atoms with van der Waals surface area (Å²) in [5, 5.41) is 1.17. The zero-order valence-corrected chi connectivity index (χ0v) is 16.1. The molecule has 5 nitrogen and oxygen atoms in total. The summed E-state index contributed by atoms with van der Waals surface area (Å²) in [7, 11) is 0. The zero-order valence-electron chi connectivity index (χ0n) is 16.1. The Morgan fingerprint density at radius 3 is 2.07 bits per heavy atom. The average molecular weight is 387 g/mol. The Morgan fingerprint density at radius 1 is 0.828 bits per heavy atom. The third-order valence-electron chi connectivity index (χ3n) is 4.86. The predicted molar refractivity (Wildman–Crippen MR) is 113 cm³/mol. The van der Waals surface area contributed by atoms with Crippen LogP contribution in [0.15, 0.2) is 77.6 Å². The highest BCUT2D eigenvalue weighted by atomic mass is 16.6. The van der Waals surface area contributed by atoms with Gasteiger partial charge < -0.3 is 14.0 Å². The molecule has 1 heterocycles. The largest absolute Gasteiger partial charge is 0.490 e. The molecule has 0 radical (unpaired) electrons. The van der Waals surface area contributed by atoms with Crippen molar-refractivity contribution < 1.29 is 14.3 Å². The van der Waals surface area contributed by atoms with E-state index in [9.17, 15) is 9.59 Å². The third kappa shape index (κ3) is 3.85. The van der Waals surface area contributed by atoms with Crippen LogP contribution in [0, 0.1) is 6.92 Å². The molecule has 146 valence electrons. The van der Waals surface area contributed by atoms with Crippen LogP contribution < -0.4 is 10.2 Å². The minimum Gasteiger partial charge on any atom is -0.490 e. The second-order valence-electron chi connectivity index (χ2n) is 6.78. The number of nitrogens with zero attached hydrogens (tertiary/aromatic N) is 1. The fraction of sp³-hybridized carbons (Fsp3) is 0.167. The Kier molecular flexibility index (Phi) is 5.29. The van der Waals surface area contributed by atoms with E-state index in [1.807, 2.05) is 72.2 Å². The SMILES string of the molecule is Cc1ccccc1OCCOC(=O)Cn1c2ccccc2c(=O)c2ccccc21. The number of rotatable bonds is 6. The average Bonchev–Trinajstić information content (AvgIpc) is 2.75. The van der Waals surface area contributed by atoms with Gasteiger partial charge in [0, 0.05) is 10.8 Å². The van der Waals surface area contributed by atoms with E-state index in [4.69, 9.17) is 9.47 Å². The van der Waals surface area contributed by atoms with Gasteiger partial charge in [0.25, 0.3) is 0 Å². The molecular formula is C24H21NO4. The number of carbonyl (C=O) groups is 1. The zero-order chi connectivity index (χ0) is 20.2. The molecule has 5 heteroatoms. The molecule has 0 amide bonds. The van der Waals surface area contributed by atoms with Crippen LogP contribution in [0.1, 0.15) is 5.56 Å². The molecule has 0 saturated heterocycles. The summed E-state index contributed by atoms with van der Waals surface area (Å²) in [6, 6.07) is 22.3. The summed E-state index contributed by atoms with van der Waals surface area (Å²) in [4.78, 5) is 25.2. The van der Waals surface area contributed by atoms with Gasteiger partial charge in [0.05, 0.1) is 11.0 Å². The number of hydrogen-bond acceptors (Lipinski definition) is 4. The maximum Gasteiger partial charge on any atom is 0.326 e. The van der Waals surface area contributed by atoms with Gasteiger partial charge in [0.15, 0.2) is 5.43 Å². The summed E-state index contributed by atoms with van der Waals surface area (Å²) >= 11 is 0. The molecule has 0 bridgehead atoms. The third-order valence-corrected chi connectivity index (χ3v) is 4.86. The molecular weight excluding hydrogens is 366 g/mol. The van der Waals surface area contributed by atoms with E-state index in [2.05, 4.69) is 0 Å². The topological polar surface area (TPSA) is 57.5 Å². The predicted octanol–water partition coefficient (Wildman–Crippen LogP) is 4.09. The summed E-state index contributed by atoms with van der Waals surface area (Å²) in [5.41, 5.74) is 2.42. The molecule has 0 spiro atoms. The Labute approximate surface area is 168 Å². The number of aryl methyl sites for hydroxylation is 1. The maximum atomic E-state index is 12.8. The quantitative estimate of drug-likeness (QED) is 0.284. The first-order valence-corrected chi connectivity index (χ1v) is 9.49. The lowest BCUT2D eigenvalue weighted by atomic mass is 10.1. The normalized spacial score (nSPS) is 10.9. The summed E-state index contributed by atoms with van der Waals surface area (Å²) in [5.74, 6) is 0.401. The first-order valence-electron chi connectivity index (χ1n) is 9.49. The van der Waals surface area contributed by atoms with Crippen LogP contribution in [0.4, 0.5) is 0 Å². The van der Waals surface area contributed by atoms with E-state index in [1.54, 1.807) is 12.1 Å². The molecule has 0 fully saturated rings. The van der Waals surface area contributed by atoms with Crippen molar-refractivity contribution in [3.63, 3.8) is 0 Å². The van der Waals surface area contributed by atoms with Crippen LogP contribution in [-0.2, 0) is 16.1 Å². The van der Waals surface area contributed by atoms with Crippen molar-refractivity contribution in [2.75, 3.05) is 13.2 Å². The van der Waals surface area contributed by atoms with Crippen LogP contribution >= 0.6 is 0 Å². The van der Waals surface area contributed by atoms with Crippen LogP contribution in [0.25, 0.3) is 21.8 Å². The van der Waals surface area contributed by atoms with Gasteiger partial charge in [-0.3, -0.25) is 9.59 Å². The molecule has 0 N–H and O–H groups in total. The molecule has 1 aromatic heterocycles. The standard InChI is InChI=1S/C24H21NO4/c1-17-8-2-7-13-22(17)28-14-15-29-23(26)16-25-20-11-5-3-9-18(20)24(27)19-10-4-6-12-21(19)25/h2-13H,14-16H2,1H3. The molecule has 3 aromatic carbocycles. The summed E-state index contributed by atoms with van der Waals surface area (Å²) < 4.78 is 12.9. The fourth-order valence-corrected chi connectivity index (χ4v) is 3.45. The molecule has 4 aromatic rings. The second-order valence-corrected chi connectivity index (χ2v) is 6.78. The lowest BCUT2D eigenvalue weighted by Crippen LogP contribution is -2.20. The molecule has 0 saturated carbocycles. The van der Waals surface area contributed by atoms with Gasteiger partial charge >= 0.3 is 5.97 Å². The number of aromatic nitrogens is 1. The van der Waals surface area contributed by atoms with Crippen molar-refractivity contribution in [1.82, 2.24) is 4.57 Å². The number of esters is 1. The van der Waals surface area contributed by atoms with Crippen molar-refractivity contribution >= 4 is 27.8 Å². The van der Waals surface area contributed by atoms with Crippen LogP contribution in [0.2, 0.25) is 0 Å². The Hall–Kier alpha value is -3.60. The highest BCUT2D eigenvalue weighted by Gasteiger charge is 2.13. The Bertz CT molecular complexity index is 1180. The van der Waals surface area contributed by atoms with E-state index in [1.165, 1.54) is 0 Å². The first-order chi connectivity index (χ1) is 14.1. The summed E-state index contributed by atoms with van der Waals surface area (Å²) in [6.07, 6.45) is 0. The van der Waals surface area contributed by atoms with Crippen molar-refractivity contribution in [3.8, 4) is 5.75 Å². The highest BCUT2D eigenvalue weighted by Crippen LogP contribution is 2.19. The van der Waals surface area contributed by atoms with Gasteiger partial charge in [-0.05, 0) is 42.8 Å². The minimum absolute atomic E-state index is 0.0195. The van der Waals surface area contributed by atoms with E-state index < -0.39 is 0 Å². The molecule has 0 aliphatic heterocycles. The lowest BCUT2D eigenvalue weighted by molar-refractivity contribution is -0.144. The van der Waals surface area contributed by atoms with Gasteiger partial charge in [0.2, 0.25) is 0 Å². The number of para-hydroxylation sites is 3. The highest BCUT2D eigenvalue weighted by molar-refractivity contribution is 5.94. The van der Waals surface area contributed by atoms with Crippen molar-refractivity contribution in [2.24, 2.45) is 0 Å². The monoisotopic (exact) mass is 387 g/mol. The molecule has 0 aliphatic rings. The second kappa shape index (κ2) is 8.19. The van der Waals surface area contributed by atoms with Gasteiger partial charge in [-0.15, -0.1) is 0 Å². The molecule has 29 heavy (non-hydrogen) atoms. The first kappa shape index (κ1) is 18.7. The number of carbonyl (C=O) groups excluding carboxylic acids is 1. The van der Waals surface area contributed by atoms with Crippen LogP contribution in [-0.4, -0.2) is 23.8 Å². The van der Waals surface area contributed by atoms with Gasteiger partial charge in [-0.2, -0.15) is 0 Å². The lowest BCUT2D eigenvalue weighted by Gasteiger charge is -2.15. The molecule has 0 aliphatic carbocycles. The number of fused-ring (bicyclic) bond motifs is 2. The van der Waals surface area contributed by atoms with Gasteiger partial charge in [-0.25, -0.2) is 0 Å². The molecule has 0 unspecified atom stereocenters. The Morgan fingerprint density at radius 2 is 1.41 bits per heavy atom. The van der Waals surface area contributed by atoms with Crippen molar-refractivity contribution in [3.05, 3.63) is 88.6 Å². The van der Waals surface area contributed by atoms with Crippen LogP contribution in [0.5, 0.6) is 5.75 Å². The van der Waals surface area contributed by atoms with Crippen molar-refractivity contribution in [2.45, 2.75) is 13.5 Å². The smallest absolute Gasteiger partial charge is 0.326 e. The van der Waals surface area contributed by atoms with Crippen molar-refractivity contribution in [1.29, 1.82) is 0 Å². The number of ether oxygens (including phenoxy) is 2. The van der Waals surface area contributed by atoms with E-state index in [0.29, 0.717) is 21.8 Å². The van der Waals surface area contributed by atoms with E-state index >= 15 is 0 Å². The molecule has 0 atom stereocenters. The Balaban J connectivity index is 1.51. The fourth-order valence-electron chi connectivity index (χ4n) is 3.45. The number of benzene rings is 3. The molecule has 4 rings (SSSR count). The van der Waals surface area contributed by atoms with Gasteiger partial charge in [-0.1, -0.05) is 42.5 Å². The van der Waals surface area contributed by atoms with Gasteiger partial charge in [0.1, 0.15) is 25.5 Å².